The predicted molar refractivity (Wildman–Crippen MR) is 58.1 cm³/mol. The third-order valence-electron chi connectivity index (χ3n) is 1.94. The van der Waals surface area contributed by atoms with E-state index in [-0.39, 0.29) is 23.6 Å². The minimum absolute atomic E-state index is 0.0139. The number of nitrogen functional groups attached to an aromatic ring is 1. The van der Waals surface area contributed by atoms with Crippen molar-refractivity contribution in [2.45, 2.75) is 13.0 Å². The van der Waals surface area contributed by atoms with Gasteiger partial charge in [0.2, 0.25) is 11.8 Å². The lowest BCUT2D eigenvalue weighted by molar-refractivity contribution is -0.384. The monoisotopic (exact) mass is 227 g/mol. The minimum Gasteiger partial charge on any atom is -0.380 e. The lowest BCUT2D eigenvalue weighted by atomic mass is 10.4. The van der Waals surface area contributed by atoms with E-state index in [9.17, 15) is 10.1 Å². The van der Waals surface area contributed by atoms with E-state index in [2.05, 4.69) is 15.3 Å². The lowest BCUT2D eigenvalue weighted by Crippen LogP contribution is -2.19. The molecule has 0 fully saturated rings. The Morgan fingerprint density at radius 3 is 2.94 bits per heavy atom. The molecule has 0 aromatic carbocycles. The molecule has 0 amide bonds. The molecule has 8 heteroatoms. The Kier molecular flexibility index (Phi) is 3.95. The highest BCUT2D eigenvalue weighted by Gasteiger charge is 2.14. The second kappa shape index (κ2) is 5.21. The molecule has 8 nitrogen and oxygen atoms in total. The van der Waals surface area contributed by atoms with Gasteiger partial charge in [-0.05, 0) is 6.92 Å². The Labute approximate surface area is 92.0 Å². The van der Waals surface area contributed by atoms with Crippen LogP contribution in [0.1, 0.15) is 6.92 Å². The maximum atomic E-state index is 10.5. The average Bonchev–Trinajstić information content (AvgIpc) is 2.25. The maximum absolute atomic E-state index is 10.5. The molecule has 88 valence electrons. The van der Waals surface area contributed by atoms with Gasteiger partial charge in [0.15, 0.2) is 0 Å². The van der Waals surface area contributed by atoms with Crippen LogP contribution in [-0.4, -0.2) is 34.6 Å². The summed E-state index contributed by atoms with van der Waals surface area (Å²) in [6.07, 6.45) is 1.06. The van der Waals surface area contributed by atoms with Crippen LogP contribution in [0.15, 0.2) is 6.20 Å². The van der Waals surface area contributed by atoms with Crippen molar-refractivity contribution in [1.29, 1.82) is 0 Å². The standard InChI is InChI=1S/C8H13N5O3/c1-5(16-2)3-10-8-11-4-6(13(14)15)7(9)12-8/h4-5H,3H2,1-2H3,(H3,9,10,11,12). The quantitative estimate of drug-likeness (QED) is 0.552. The number of anilines is 2. The summed E-state index contributed by atoms with van der Waals surface area (Å²) in [4.78, 5) is 17.3. The first-order valence-corrected chi connectivity index (χ1v) is 4.58. The number of hydrogen-bond donors (Lipinski definition) is 2. The Hall–Kier alpha value is -1.96. The molecule has 0 aliphatic carbocycles. The first kappa shape index (κ1) is 12.1. The molecule has 16 heavy (non-hydrogen) atoms. The third kappa shape index (κ3) is 3.02. The molecule has 0 aliphatic heterocycles. The molecule has 1 aromatic rings. The molecule has 0 spiro atoms. The minimum atomic E-state index is -0.628. The SMILES string of the molecule is COC(C)CNc1ncc([N+](=O)[O-])c(N)n1. The van der Waals surface area contributed by atoms with Crippen molar-refractivity contribution in [2.75, 3.05) is 24.7 Å². The van der Waals surface area contributed by atoms with E-state index in [1.165, 1.54) is 0 Å². The topological polar surface area (TPSA) is 116 Å². The van der Waals surface area contributed by atoms with E-state index < -0.39 is 4.92 Å². The summed E-state index contributed by atoms with van der Waals surface area (Å²) >= 11 is 0. The zero-order valence-corrected chi connectivity index (χ0v) is 9.01. The van der Waals surface area contributed by atoms with Gasteiger partial charge < -0.3 is 15.8 Å². The molecular formula is C8H13N5O3. The Morgan fingerprint density at radius 2 is 2.44 bits per heavy atom. The van der Waals surface area contributed by atoms with Crippen molar-refractivity contribution in [2.24, 2.45) is 0 Å². The van der Waals surface area contributed by atoms with Gasteiger partial charge in [-0.1, -0.05) is 0 Å². The summed E-state index contributed by atoms with van der Waals surface area (Å²) in [5.41, 5.74) is 5.10. The van der Waals surface area contributed by atoms with E-state index in [0.717, 1.165) is 6.20 Å². The van der Waals surface area contributed by atoms with Crippen LogP contribution in [0.5, 0.6) is 0 Å². The van der Waals surface area contributed by atoms with Crippen LogP contribution < -0.4 is 11.1 Å². The Morgan fingerprint density at radius 1 is 1.75 bits per heavy atom. The van der Waals surface area contributed by atoms with Crippen LogP contribution in [0.3, 0.4) is 0 Å². The van der Waals surface area contributed by atoms with E-state index in [4.69, 9.17) is 10.5 Å². The zero-order valence-electron chi connectivity index (χ0n) is 9.01. The molecule has 3 N–H and O–H groups in total. The maximum Gasteiger partial charge on any atom is 0.329 e. The van der Waals surface area contributed by atoms with Gasteiger partial charge in [-0.3, -0.25) is 10.1 Å². The molecule has 0 bridgehead atoms. The molecule has 0 saturated heterocycles. The molecule has 1 rings (SSSR count). The molecular weight excluding hydrogens is 214 g/mol. The fourth-order valence-electron chi connectivity index (χ4n) is 0.933. The first-order chi connectivity index (χ1) is 7.54. The number of nitrogens with zero attached hydrogens (tertiary/aromatic N) is 3. The van der Waals surface area contributed by atoms with Crippen molar-refractivity contribution in [3.63, 3.8) is 0 Å². The summed E-state index contributed by atoms with van der Waals surface area (Å²) < 4.78 is 5.01. The van der Waals surface area contributed by atoms with Gasteiger partial charge in [0, 0.05) is 13.7 Å². The van der Waals surface area contributed by atoms with E-state index in [1.54, 1.807) is 7.11 Å². The van der Waals surface area contributed by atoms with Crippen molar-refractivity contribution in [1.82, 2.24) is 9.97 Å². The van der Waals surface area contributed by atoms with Gasteiger partial charge in [0.1, 0.15) is 6.20 Å². The summed E-state index contributed by atoms with van der Waals surface area (Å²) in [7, 11) is 1.58. The van der Waals surface area contributed by atoms with Crippen LogP contribution in [-0.2, 0) is 4.74 Å². The van der Waals surface area contributed by atoms with E-state index >= 15 is 0 Å². The van der Waals surface area contributed by atoms with Gasteiger partial charge in [-0.15, -0.1) is 0 Å². The van der Waals surface area contributed by atoms with Gasteiger partial charge >= 0.3 is 5.69 Å². The number of rotatable bonds is 5. The third-order valence-corrected chi connectivity index (χ3v) is 1.94. The average molecular weight is 227 g/mol. The molecule has 1 heterocycles. The second-order valence-corrected chi connectivity index (χ2v) is 3.15. The van der Waals surface area contributed by atoms with Gasteiger partial charge in [0.25, 0.3) is 0 Å². The predicted octanol–water partition coefficient (Wildman–Crippen LogP) is 0.414. The van der Waals surface area contributed by atoms with Crippen LogP contribution in [0.2, 0.25) is 0 Å². The molecule has 0 saturated carbocycles. The highest BCUT2D eigenvalue weighted by atomic mass is 16.6. The Bertz CT molecular complexity index is 384. The zero-order chi connectivity index (χ0) is 12.1. The van der Waals surface area contributed by atoms with Crippen molar-refractivity contribution >= 4 is 17.5 Å². The van der Waals surface area contributed by atoms with E-state index in [1.807, 2.05) is 6.92 Å². The summed E-state index contributed by atoms with van der Waals surface area (Å²) in [6.45, 7) is 2.36. The fraction of sp³-hybridized carbons (Fsp3) is 0.500. The molecule has 0 radical (unpaired) electrons. The number of nitro groups is 1. The van der Waals surface area contributed by atoms with Crippen LogP contribution >= 0.6 is 0 Å². The summed E-state index contributed by atoms with van der Waals surface area (Å²) in [6, 6.07) is 0. The van der Waals surface area contributed by atoms with Crippen LogP contribution in [0.25, 0.3) is 0 Å². The molecule has 1 unspecified atom stereocenters. The van der Waals surface area contributed by atoms with Crippen molar-refractivity contribution in [3.8, 4) is 0 Å². The smallest absolute Gasteiger partial charge is 0.329 e. The summed E-state index contributed by atoms with van der Waals surface area (Å²) in [5.74, 6) is 0.0829. The number of aromatic nitrogens is 2. The van der Waals surface area contributed by atoms with E-state index in [0.29, 0.717) is 6.54 Å². The number of methoxy groups -OCH3 is 1. The molecule has 1 atom stereocenters. The molecule has 1 aromatic heterocycles. The number of ether oxygens (including phenoxy) is 1. The fourth-order valence-corrected chi connectivity index (χ4v) is 0.933. The van der Waals surface area contributed by atoms with Gasteiger partial charge in [0.05, 0.1) is 11.0 Å². The highest BCUT2D eigenvalue weighted by molar-refractivity contribution is 5.53. The first-order valence-electron chi connectivity index (χ1n) is 4.58. The van der Waals surface area contributed by atoms with Crippen molar-refractivity contribution in [3.05, 3.63) is 16.3 Å². The Balaban J connectivity index is 2.70. The normalized spacial score (nSPS) is 12.1. The van der Waals surface area contributed by atoms with Gasteiger partial charge in [-0.2, -0.15) is 4.98 Å². The summed E-state index contributed by atoms with van der Waals surface area (Å²) in [5, 5.41) is 13.3. The van der Waals surface area contributed by atoms with Gasteiger partial charge in [-0.25, -0.2) is 4.98 Å². The number of nitrogens with two attached hydrogens (primary N) is 1. The number of hydrogen-bond acceptors (Lipinski definition) is 7. The molecule has 0 aliphatic rings. The largest absolute Gasteiger partial charge is 0.380 e. The second-order valence-electron chi connectivity index (χ2n) is 3.15. The number of nitrogens with one attached hydrogen (secondary N) is 1. The highest BCUT2D eigenvalue weighted by Crippen LogP contribution is 2.17. The van der Waals surface area contributed by atoms with Crippen molar-refractivity contribution < 1.29 is 9.66 Å². The van der Waals surface area contributed by atoms with Crippen LogP contribution in [0, 0.1) is 10.1 Å². The lowest BCUT2D eigenvalue weighted by Gasteiger charge is -2.10. The van der Waals surface area contributed by atoms with Crippen LogP contribution in [0.4, 0.5) is 17.5 Å².